The van der Waals surface area contributed by atoms with Crippen molar-refractivity contribution in [2.45, 2.75) is 31.8 Å². The van der Waals surface area contributed by atoms with Crippen LogP contribution in [0.3, 0.4) is 0 Å². The van der Waals surface area contributed by atoms with Crippen molar-refractivity contribution in [3.8, 4) is 16.9 Å². The van der Waals surface area contributed by atoms with Crippen LogP contribution in [-0.2, 0) is 22.6 Å². The number of pyridine rings is 1. The SMILES string of the molecule is O=C(Cc1ccccc1)Oc1ccc(-c2ccc(C3CCCN(C(=O)OCc4ccccc4)C3)nc2)cc1. The monoisotopic (exact) mass is 506 g/mol. The topological polar surface area (TPSA) is 68.7 Å². The van der Waals surface area contributed by atoms with Gasteiger partial charge in [0.2, 0.25) is 0 Å². The Morgan fingerprint density at radius 2 is 1.50 bits per heavy atom. The van der Waals surface area contributed by atoms with Gasteiger partial charge in [-0.05, 0) is 47.7 Å². The van der Waals surface area contributed by atoms with Gasteiger partial charge >= 0.3 is 12.1 Å². The van der Waals surface area contributed by atoms with Gasteiger partial charge < -0.3 is 14.4 Å². The summed E-state index contributed by atoms with van der Waals surface area (Å²) >= 11 is 0. The van der Waals surface area contributed by atoms with Crippen molar-refractivity contribution >= 4 is 12.1 Å². The number of hydrogen-bond donors (Lipinski definition) is 0. The van der Waals surface area contributed by atoms with Crippen LogP contribution in [0.15, 0.2) is 103 Å². The van der Waals surface area contributed by atoms with E-state index in [2.05, 4.69) is 0 Å². The summed E-state index contributed by atoms with van der Waals surface area (Å²) in [7, 11) is 0. The second-order valence-corrected chi connectivity index (χ2v) is 9.46. The first kappa shape index (κ1) is 25.2. The number of amides is 1. The molecule has 0 bridgehead atoms. The molecule has 0 aliphatic carbocycles. The summed E-state index contributed by atoms with van der Waals surface area (Å²) in [6, 6.07) is 30.8. The van der Waals surface area contributed by atoms with Crippen LogP contribution in [0, 0.1) is 0 Å². The molecule has 2 heterocycles. The van der Waals surface area contributed by atoms with Crippen LogP contribution in [-0.4, -0.2) is 35.0 Å². The van der Waals surface area contributed by atoms with Gasteiger partial charge in [-0.3, -0.25) is 9.78 Å². The second-order valence-electron chi connectivity index (χ2n) is 9.46. The maximum absolute atomic E-state index is 12.6. The van der Waals surface area contributed by atoms with E-state index < -0.39 is 0 Å². The molecule has 1 unspecified atom stereocenters. The summed E-state index contributed by atoms with van der Waals surface area (Å²) in [5, 5.41) is 0. The Bertz CT molecular complexity index is 1340. The van der Waals surface area contributed by atoms with Gasteiger partial charge in [0.25, 0.3) is 0 Å². The molecule has 1 saturated heterocycles. The molecule has 1 aromatic heterocycles. The zero-order chi connectivity index (χ0) is 26.2. The summed E-state index contributed by atoms with van der Waals surface area (Å²) in [5.41, 5.74) is 4.84. The summed E-state index contributed by atoms with van der Waals surface area (Å²) < 4.78 is 11.0. The Balaban J connectivity index is 1.15. The molecule has 192 valence electrons. The molecular formula is C32H30N2O4. The second kappa shape index (κ2) is 12.2. The smallest absolute Gasteiger partial charge is 0.410 e. The number of carbonyl (C=O) groups excluding carboxylic acids is 2. The molecule has 1 aliphatic heterocycles. The van der Waals surface area contributed by atoms with Crippen molar-refractivity contribution < 1.29 is 19.1 Å². The number of aromatic nitrogens is 1. The van der Waals surface area contributed by atoms with E-state index >= 15 is 0 Å². The summed E-state index contributed by atoms with van der Waals surface area (Å²) in [6.45, 7) is 1.58. The average molecular weight is 507 g/mol. The molecule has 6 heteroatoms. The molecule has 3 aromatic carbocycles. The van der Waals surface area contributed by atoms with Crippen LogP contribution >= 0.6 is 0 Å². The standard InChI is InChI=1S/C32H30N2O4/c35-31(20-24-8-3-1-4-9-24)38-29-16-13-26(14-17-29)27-15-18-30(33-21-27)28-12-7-19-34(22-28)32(36)37-23-25-10-5-2-6-11-25/h1-6,8-11,13-18,21,28H,7,12,19-20,22-23H2. The molecule has 1 amide bonds. The maximum Gasteiger partial charge on any atom is 0.410 e. The van der Waals surface area contributed by atoms with Gasteiger partial charge in [-0.2, -0.15) is 0 Å². The van der Waals surface area contributed by atoms with Gasteiger partial charge in [0.05, 0.1) is 6.42 Å². The van der Waals surface area contributed by atoms with E-state index in [1.165, 1.54) is 0 Å². The third-order valence-corrected chi connectivity index (χ3v) is 6.70. The zero-order valence-corrected chi connectivity index (χ0v) is 21.2. The van der Waals surface area contributed by atoms with E-state index in [9.17, 15) is 9.59 Å². The minimum absolute atomic E-state index is 0.175. The molecule has 6 nitrogen and oxygen atoms in total. The van der Waals surface area contributed by atoms with Gasteiger partial charge in [-0.1, -0.05) is 78.9 Å². The highest BCUT2D eigenvalue weighted by atomic mass is 16.6. The third kappa shape index (κ3) is 6.65. The van der Waals surface area contributed by atoms with Crippen LogP contribution in [0.2, 0.25) is 0 Å². The van der Waals surface area contributed by atoms with Crippen LogP contribution in [0.5, 0.6) is 5.75 Å². The van der Waals surface area contributed by atoms with E-state index in [-0.39, 0.29) is 31.0 Å². The lowest BCUT2D eigenvalue weighted by atomic mass is 9.94. The van der Waals surface area contributed by atoms with E-state index in [0.717, 1.165) is 40.8 Å². The van der Waals surface area contributed by atoms with Gasteiger partial charge in [0, 0.05) is 36.5 Å². The lowest BCUT2D eigenvalue weighted by Crippen LogP contribution is -2.39. The molecule has 38 heavy (non-hydrogen) atoms. The van der Waals surface area contributed by atoms with Crippen LogP contribution in [0.1, 0.15) is 35.6 Å². The number of rotatable bonds is 7. The Hall–Kier alpha value is -4.45. The van der Waals surface area contributed by atoms with Crippen LogP contribution in [0.4, 0.5) is 4.79 Å². The number of esters is 1. The fourth-order valence-corrected chi connectivity index (χ4v) is 4.66. The molecule has 0 radical (unpaired) electrons. The maximum atomic E-state index is 12.6. The molecule has 1 atom stereocenters. The quantitative estimate of drug-likeness (QED) is 0.214. The minimum Gasteiger partial charge on any atom is -0.445 e. The molecular weight excluding hydrogens is 476 g/mol. The van der Waals surface area contributed by atoms with E-state index in [4.69, 9.17) is 14.5 Å². The average Bonchev–Trinajstić information content (AvgIpc) is 2.97. The third-order valence-electron chi connectivity index (χ3n) is 6.70. The lowest BCUT2D eigenvalue weighted by Gasteiger charge is -2.31. The normalized spacial score (nSPS) is 15.1. The van der Waals surface area contributed by atoms with Crippen LogP contribution < -0.4 is 4.74 Å². The molecule has 0 saturated carbocycles. The number of hydrogen-bond acceptors (Lipinski definition) is 5. The first-order chi connectivity index (χ1) is 18.6. The first-order valence-electron chi connectivity index (χ1n) is 12.9. The van der Waals surface area contributed by atoms with Gasteiger partial charge in [0.15, 0.2) is 0 Å². The van der Waals surface area contributed by atoms with Gasteiger partial charge in [-0.15, -0.1) is 0 Å². The number of ether oxygens (including phenoxy) is 2. The van der Waals surface area contributed by atoms with Crippen molar-refractivity contribution in [1.29, 1.82) is 0 Å². The molecule has 0 spiro atoms. The molecule has 1 fully saturated rings. The van der Waals surface area contributed by atoms with Gasteiger partial charge in [-0.25, -0.2) is 4.79 Å². The highest BCUT2D eigenvalue weighted by Crippen LogP contribution is 2.28. The molecule has 4 aromatic rings. The fourth-order valence-electron chi connectivity index (χ4n) is 4.66. The van der Waals surface area contributed by atoms with Crippen molar-refractivity contribution in [3.05, 3.63) is 120 Å². The summed E-state index contributed by atoms with van der Waals surface area (Å²) in [4.78, 5) is 31.4. The predicted molar refractivity (Wildman–Crippen MR) is 146 cm³/mol. The minimum atomic E-state index is -0.291. The number of benzene rings is 3. The largest absolute Gasteiger partial charge is 0.445 e. The lowest BCUT2D eigenvalue weighted by molar-refractivity contribution is -0.133. The van der Waals surface area contributed by atoms with Crippen molar-refractivity contribution in [2.75, 3.05) is 13.1 Å². The number of carbonyl (C=O) groups is 2. The Morgan fingerprint density at radius 3 is 2.18 bits per heavy atom. The van der Waals surface area contributed by atoms with E-state index in [0.29, 0.717) is 18.8 Å². The van der Waals surface area contributed by atoms with E-state index in [1.54, 1.807) is 17.0 Å². The van der Waals surface area contributed by atoms with E-state index in [1.807, 2.05) is 91.1 Å². The highest BCUT2D eigenvalue weighted by Gasteiger charge is 2.26. The van der Waals surface area contributed by atoms with Crippen LogP contribution in [0.25, 0.3) is 11.1 Å². The van der Waals surface area contributed by atoms with Gasteiger partial charge in [0.1, 0.15) is 12.4 Å². The Morgan fingerprint density at radius 1 is 0.816 bits per heavy atom. The summed E-state index contributed by atoms with van der Waals surface area (Å²) in [5.74, 6) is 0.398. The molecule has 1 aliphatic rings. The van der Waals surface area contributed by atoms with Crippen molar-refractivity contribution in [1.82, 2.24) is 9.88 Å². The number of piperidine rings is 1. The highest BCUT2D eigenvalue weighted by molar-refractivity contribution is 5.75. The summed E-state index contributed by atoms with van der Waals surface area (Å²) in [6.07, 6.45) is 3.71. The predicted octanol–water partition coefficient (Wildman–Crippen LogP) is 6.41. The molecule has 5 rings (SSSR count). The van der Waals surface area contributed by atoms with Crippen molar-refractivity contribution in [2.24, 2.45) is 0 Å². The fraction of sp³-hybridized carbons (Fsp3) is 0.219. The number of nitrogens with zero attached hydrogens (tertiary/aromatic N) is 2. The first-order valence-corrected chi connectivity index (χ1v) is 12.9. The molecule has 0 N–H and O–H groups in total. The zero-order valence-electron chi connectivity index (χ0n) is 21.2. The Kier molecular flexibility index (Phi) is 8.09. The van der Waals surface area contributed by atoms with Crippen molar-refractivity contribution in [3.63, 3.8) is 0 Å². The number of likely N-dealkylation sites (tertiary alicyclic amines) is 1. The Labute approximate surface area is 222 Å².